The summed E-state index contributed by atoms with van der Waals surface area (Å²) in [5, 5.41) is 4.88. The second-order valence-electron chi connectivity index (χ2n) is 10.4. The quantitative estimate of drug-likeness (QED) is 0.643. The Labute approximate surface area is 188 Å². The minimum absolute atomic E-state index is 0.0583. The SMILES string of the molecule is Cn1nc(C(C)(C)C)cc1N(Cc1cccc(N2CCOCC2)c1)CC1CCCCC1. The topological polar surface area (TPSA) is 33.5 Å². The second kappa shape index (κ2) is 9.64. The molecule has 5 nitrogen and oxygen atoms in total. The van der Waals surface area contributed by atoms with Crippen molar-refractivity contribution in [1.29, 1.82) is 0 Å². The van der Waals surface area contributed by atoms with Crippen LogP contribution in [0.5, 0.6) is 0 Å². The highest BCUT2D eigenvalue weighted by atomic mass is 16.5. The van der Waals surface area contributed by atoms with Crippen LogP contribution >= 0.6 is 0 Å². The van der Waals surface area contributed by atoms with Gasteiger partial charge in [0, 0.05) is 50.4 Å². The predicted molar refractivity (Wildman–Crippen MR) is 129 cm³/mol. The maximum atomic E-state index is 5.54. The first-order valence-electron chi connectivity index (χ1n) is 12.1. The number of rotatable bonds is 6. The number of ether oxygens (including phenoxy) is 1. The lowest BCUT2D eigenvalue weighted by atomic mass is 9.88. The summed E-state index contributed by atoms with van der Waals surface area (Å²) >= 11 is 0. The third-order valence-electron chi connectivity index (χ3n) is 6.81. The summed E-state index contributed by atoms with van der Waals surface area (Å²) in [6, 6.07) is 11.4. The Kier molecular flexibility index (Phi) is 6.90. The summed E-state index contributed by atoms with van der Waals surface area (Å²) < 4.78 is 7.63. The van der Waals surface area contributed by atoms with Crippen molar-refractivity contribution in [3.8, 4) is 0 Å². The Morgan fingerprint density at radius 1 is 1.06 bits per heavy atom. The van der Waals surface area contributed by atoms with Crippen LogP contribution in [0.3, 0.4) is 0 Å². The first-order valence-corrected chi connectivity index (χ1v) is 12.1. The third-order valence-corrected chi connectivity index (χ3v) is 6.81. The number of benzene rings is 1. The zero-order valence-corrected chi connectivity index (χ0v) is 19.9. The van der Waals surface area contributed by atoms with Gasteiger partial charge in [-0.15, -0.1) is 0 Å². The van der Waals surface area contributed by atoms with E-state index in [1.54, 1.807) is 0 Å². The van der Waals surface area contributed by atoms with Gasteiger partial charge >= 0.3 is 0 Å². The van der Waals surface area contributed by atoms with Gasteiger partial charge in [-0.2, -0.15) is 5.10 Å². The van der Waals surface area contributed by atoms with E-state index >= 15 is 0 Å². The van der Waals surface area contributed by atoms with Crippen LogP contribution in [0.15, 0.2) is 30.3 Å². The zero-order valence-electron chi connectivity index (χ0n) is 19.9. The highest BCUT2D eigenvalue weighted by molar-refractivity contribution is 5.50. The van der Waals surface area contributed by atoms with E-state index in [2.05, 4.69) is 72.6 Å². The highest BCUT2D eigenvalue weighted by Gasteiger charge is 2.24. The van der Waals surface area contributed by atoms with E-state index in [1.165, 1.54) is 54.9 Å². The number of hydrogen-bond donors (Lipinski definition) is 0. The fourth-order valence-corrected chi connectivity index (χ4v) is 4.93. The van der Waals surface area contributed by atoms with Crippen molar-refractivity contribution in [3.63, 3.8) is 0 Å². The molecule has 1 saturated heterocycles. The van der Waals surface area contributed by atoms with Gasteiger partial charge in [0.05, 0.1) is 18.9 Å². The van der Waals surface area contributed by atoms with Crippen molar-refractivity contribution in [3.05, 3.63) is 41.6 Å². The van der Waals surface area contributed by atoms with Gasteiger partial charge in [-0.3, -0.25) is 4.68 Å². The summed E-state index contributed by atoms with van der Waals surface area (Å²) in [6.07, 6.45) is 6.87. The second-order valence-corrected chi connectivity index (χ2v) is 10.4. The zero-order chi connectivity index (χ0) is 21.8. The lowest BCUT2D eigenvalue weighted by Crippen LogP contribution is -2.36. The van der Waals surface area contributed by atoms with Gasteiger partial charge in [0.1, 0.15) is 5.82 Å². The standard InChI is InChI=1S/C26H40N4O/c1-26(2,3)24-18-25(28(4)27-24)30(19-21-9-6-5-7-10-21)20-22-11-8-12-23(17-22)29-13-15-31-16-14-29/h8,11-12,17-18,21H,5-7,9-10,13-16,19-20H2,1-4H3. The minimum atomic E-state index is 0.0583. The van der Waals surface area contributed by atoms with Crippen molar-refractivity contribution in [2.45, 2.75) is 64.8 Å². The summed E-state index contributed by atoms with van der Waals surface area (Å²) in [6.45, 7) is 12.4. The molecular weight excluding hydrogens is 384 g/mol. The lowest BCUT2D eigenvalue weighted by Gasteiger charge is -2.32. The van der Waals surface area contributed by atoms with Crippen LogP contribution in [0.1, 0.15) is 64.1 Å². The molecule has 0 radical (unpaired) electrons. The third kappa shape index (κ3) is 5.62. The molecule has 31 heavy (non-hydrogen) atoms. The first-order chi connectivity index (χ1) is 14.9. The van der Waals surface area contributed by atoms with Gasteiger partial charge in [0.25, 0.3) is 0 Å². The number of aromatic nitrogens is 2. The molecule has 0 bridgehead atoms. The fraction of sp³-hybridized carbons (Fsp3) is 0.654. The summed E-state index contributed by atoms with van der Waals surface area (Å²) in [4.78, 5) is 5.02. The largest absolute Gasteiger partial charge is 0.378 e. The van der Waals surface area contributed by atoms with Crippen LogP contribution in [0.4, 0.5) is 11.5 Å². The van der Waals surface area contributed by atoms with Crippen LogP contribution in [-0.2, 0) is 23.7 Å². The molecule has 4 rings (SSSR count). The summed E-state index contributed by atoms with van der Waals surface area (Å²) in [5.74, 6) is 2.02. The minimum Gasteiger partial charge on any atom is -0.378 e. The van der Waals surface area contributed by atoms with E-state index in [9.17, 15) is 0 Å². The fourth-order valence-electron chi connectivity index (χ4n) is 4.93. The summed E-state index contributed by atoms with van der Waals surface area (Å²) in [7, 11) is 2.10. The van der Waals surface area contributed by atoms with E-state index in [-0.39, 0.29) is 5.41 Å². The number of aryl methyl sites for hydroxylation is 1. The molecule has 1 aromatic carbocycles. The van der Waals surface area contributed by atoms with Crippen LogP contribution in [0.25, 0.3) is 0 Å². The molecule has 0 atom stereocenters. The van der Waals surface area contributed by atoms with E-state index in [1.807, 2.05) is 0 Å². The van der Waals surface area contributed by atoms with E-state index in [0.29, 0.717) is 0 Å². The van der Waals surface area contributed by atoms with Crippen molar-refractivity contribution < 1.29 is 4.74 Å². The molecule has 0 amide bonds. The van der Waals surface area contributed by atoms with Crippen molar-refractivity contribution >= 4 is 11.5 Å². The Hall–Kier alpha value is -2.01. The number of nitrogens with zero attached hydrogens (tertiary/aromatic N) is 4. The lowest BCUT2D eigenvalue weighted by molar-refractivity contribution is 0.122. The molecule has 170 valence electrons. The van der Waals surface area contributed by atoms with Gasteiger partial charge in [0.2, 0.25) is 0 Å². The first kappa shape index (κ1) is 22.2. The molecule has 1 aromatic heterocycles. The Bertz CT molecular complexity index is 841. The van der Waals surface area contributed by atoms with Crippen LogP contribution in [0.2, 0.25) is 0 Å². The molecule has 0 spiro atoms. The number of hydrogen-bond acceptors (Lipinski definition) is 4. The smallest absolute Gasteiger partial charge is 0.127 e. The van der Waals surface area contributed by atoms with Crippen molar-refractivity contribution in [2.75, 3.05) is 42.6 Å². The van der Waals surface area contributed by atoms with Crippen molar-refractivity contribution in [2.24, 2.45) is 13.0 Å². The van der Waals surface area contributed by atoms with Gasteiger partial charge < -0.3 is 14.5 Å². The van der Waals surface area contributed by atoms with Gasteiger partial charge in [-0.05, 0) is 36.5 Å². The average molecular weight is 425 g/mol. The number of morpholine rings is 1. The Balaban J connectivity index is 1.58. The molecule has 2 aliphatic rings. The Morgan fingerprint density at radius 3 is 2.48 bits per heavy atom. The normalized spacial score (nSPS) is 18.4. The van der Waals surface area contributed by atoms with Gasteiger partial charge in [-0.1, -0.05) is 52.2 Å². The predicted octanol–water partition coefficient (Wildman–Crippen LogP) is 5.14. The van der Waals surface area contributed by atoms with E-state index < -0.39 is 0 Å². The molecule has 1 aliphatic heterocycles. The van der Waals surface area contributed by atoms with Crippen LogP contribution in [-0.4, -0.2) is 42.6 Å². The van der Waals surface area contributed by atoms with Gasteiger partial charge in [0.15, 0.2) is 0 Å². The van der Waals surface area contributed by atoms with Crippen molar-refractivity contribution in [1.82, 2.24) is 9.78 Å². The maximum absolute atomic E-state index is 5.54. The van der Waals surface area contributed by atoms with E-state index in [4.69, 9.17) is 9.84 Å². The molecular formula is C26H40N4O. The molecule has 2 aromatic rings. The monoisotopic (exact) mass is 424 g/mol. The molecule has 0 N–H and O–H groups in total. The highest BCUT2D eigenvalue weighted by Crippen LogP contribution is 2.30. The van der Waals surface area contributed by atoms with E-state index in [0.717, 1.165) is 45.3 Å². The maximum Gasteiger partial charge on any atom is 0.127 e. The number of anilines is 2. The molecule has 2 heterocycles. The van der Waals surface area contributed by atoms with Gasteiger partial charge in [-0.25, -0.2) is 0 Å². The van der Waals surface area contributed by atoms with Crippen LogP contribution < -0.4 is 9.80 Å². The molecule has 1 saturated carbocycles. The molecule has 1 aliphatic carbocycles. The Morgan fingerprint density at radius 2 is 1.81 bits per heavy atom. The summed E-state index contributed by atoms with van der Waals surface area (Å²) in [5.41, 5.74) is 3.92. The molecule has 5 heteroatoms. The van der Waals surface area contributed by atoms with Crippen LogP contribution in [0, 0.1) is 5.92 Å². The average Bonchev–Trinajstić information content (AvgIpc) is 3.17. The molecule has 2 fully saturated rings. The molecule has 0 unspecified atom stereocenters.